The molecule has 0 radical (unpaired) electrons. The molecule has 0 aromatic heterocycles. The summed E-state index contributed by atoms with van der Waals surface area (Å²) in [7, 11) is 0. The van der Waals surface area contributed by atoms with Gasteiger partial charge in [-0.25, -0.2) is 4.39 Å². The van der Waals surface area contributed by atoms with Crippen molar-refractivity contribution in [3.63, 3.8) is 0 Å². The molecule has 20 heavy (non-hydrogen) atoms. The van der Waals surface area contributed by atoms with Gasteiger partial charge >= 0.3 is 5.97 Å². The normalized spacial score (nSPS) is 22.8. The third-order valence-electron chi connectivity index (χ3n) is 3.64. The van der Waals surface area contributed by atoms with Crippen LogP contribution in [0.1, 0.15) is 26.7 Å². The minimum absolute atomic E-state index is 0.248. The van der Waals surface area contributed by atoms with Crippen molar-refractivity contribution in [3.05, 3.63) is 30.1 Å². The lowest BCUT2D eigenvalue weighted by Gasteiger charge is -2.37. The van der Waals surface area contributed by atoms with Crippen LogP contribution in [0.5, 0.6) is 0 Å². The fourth-order valence-electron chi connectivity index (χ4n) is 2.44. The Morgan fingerprint density at radius 2 is 2.05 bits per heavy atom. The molecule has 4 nitrogen and oxygen atoms in total. The summed E-state index contributed by atoms with van der Waals surface area (Å²) in [5.74, 6) is -1.13. The van der Waals surface area contributed by atoms with E-state index in [1.807, 2.05) is 0 Å². The molecule has 1 saturated heterocycles. The van der Waals surface area contributed by atoms with Crippen molar-refractivity contribution in [2.75, 3.05) is 18.1 Å². The number of piperidine rings is 1. The number of ether oxygens (including phenoxy) is 1. The predicted octanol–water partition coefficient (Wildman–Crippen LogP) is 2.52. The van der Waals surface area contributed by atoms with Crippen LogP contribution < -0.4 is 4.90 Å². The summed E-state index contributed by atoms with van der Waals surface area (Å²) < 4.78 is 18.0. The molecule has 1 amide bonds. The molecular weight excluding hydrogens is 261 g/mol. The van der Waals surface area contributed by atoms with Gasteiger partial charge in [0.1, 0.15) is 11.2 Å². The van der Waals surface area contributed by atoms with Crippen molar-refractivity contribution in [2.45, 2.75) is 26.7 Å². The Hall–Kier alpha value is -1.91. The molecule has 0 bridgehead atoms. The van der Waals surface area contributed by atoms with Crippen LogP contribution in [0.15, 0.2) is 24.3 Å². The summed E-state index contributed by atoms with van der Waals surface area (Å²) in [6.07, 6.45) is 1.18. The number of anilines is 1. The zero-order valence-corrected chi connectivity index (χ0v) is 11.7. The molecule has 1 aromatic rings. The Balaban J connectivity index is 2.26. The third-order valence-corrected chi connectivity index (χ3v) is 3.64. The van der Waals surface area contributed by atoms with Crippen LogP contribution in [0.4, 0.5) is 10.1 Å². The number of hydrogen-bond acceptors (Lipinski definition) is 3. The van der Waals surface area contributed by atoms with Gasteiger partial charge in [0.2, 0.25) is 5.91 Å². The maximum Gasteiger partial charge on any atom is 0.321 e. The summed E-state index contributed by atoms with van der Waals surface area (Å²) in [5.41, 5.74) is -0.547. The Labute approximate surface area is 117 Å². The quantitative estimate of drug-likeness (QED) is 0.631. The molecule has 2 rings (SSSR count). The summed E-state index contributed by atoms with van der Waals surface area (Å²) in [6, 6.07) is 5.70. The van der Waals surface area contributed by atoms with E-state index in [2.05, 4.69) is 0 Å². The Morgan fingerprint density at radius 1 is 1.40 bits per heavy atom. The van der Waals surface area contributed by atoms with Crippen LogP contribution in [-0.2, 0) is 14.3 Å². The van der Waals surface area contributed by atoms with Gasteiger partial charge in [-0.15, -0.1) is 0 Å². The topological polar surface area (TPSA) is 46.6 Å². The van der Waals surface area contributed by atoms with Gasteiger partial charge in [-0.3, -0.25) is 9.59 Å². The van der Waals surface area contributed by atoms with Crippen molar-refractivity contribution in [1.82, 2.24) is 0 Å². The standard InChI is InChI=1S/C15H18FNO3/c1-3-20-14(19)15(2)9-4-10-17(13(15)18)12-7-5-11(16)6-8-12/h5-8H,3-4,9-10H2,1-2H3. The van der Waals surface area contributed by atoms with E-state index in [-0.39, 0.29) is 18.3 Å². The van der Waals surface area contributed by atoms with Crippen molar-refractivity contribution < 1.29 is 18.7 Å². The van der Waals surface area contributed by atoms with E-state index in [9.17, 15) is 14.0 Å². The van der Waals surface area contributed by atoms with Crippen molar-refractivity contribution in [1.29, 1.82) is 0 Å². The first-order chi connectivity index (χ1) is 9.49. The summed E-state index contributed by atoms with van der Waals surface area (Å²) >= 11 is 0. The highest BCUT2D eigenvalue weighted by Gasteiger charge is 2.47. The molecule has 1 aromatic carbocycles. The molecule has 108 valence electrons. The second-order valence-corrected chi connectivity index (χ2v) is 5.09. The lowest BCUT2D eigenvalue weighted by Crippen LogP contribution is -2.52. The lowest BCUT2D eigenvalue weighted by atomic mass is 9.80. The Morgan fingerprint density at radius 3 is 2.65 bits per heavy atom. The van der Waals surface area contributed by atoms with E-state index >= 15 is 0 Å². The summed E-state index contributed by atoms with van der Waals surface area (Å²) in [5, 5.41) is 0. The van der Waals surface area contributed by atoms with E-state index < -0.39 is 11.4 Å². The fourth-order valence-corrected chi connectivity index (χ4v) is 2.44. The van der Waals surface area contributed by atoms with E-state index in [0.717, 1.165) is 0 Å². The number of hydrogen-bond donors (Lipinski definition) is 0. The smallest absolute Gasteiger partial charge is 0.321 e. The summed E-state index contributed by atoms with van der Waals surface area (Å²) in [6.45, 7) is 4.10. The van der Waals surface area contributed by atoms with Gasteiger partial charge < -0.3 is 9.64 Å². The number of halogens is 1. The molecule has 1 fully saturated rings. The molecule has 1 atom stereocenters. The molecular formula is C15H18FNO3. The number of carbonyl (C=O) groups is 2. The van der Waals surface area contributed by atoms with Crippen LogP contribution in [0, 0.1) is 11.2 Å². The second-order valence-electron chi connectivity index (χ2n) is 5.09. The monoisotopic (exact) mass is 279 g/mol. The van der Waals surface area contributed by atoms with Gasteiger partial charge in [-0.2, -0.15) is 0 Å². The fraction of sp³-hybridized carbons (Fsp3) is 0.467. The number of nitrogens with zero attached hydrogens (tertiary/aromatic N) is 1. The molecule has 0 saturated carbocycles. The first kappa shape index (κ1) is 14.5. The van der Waals surface area contributed by atoms with Crippen molar-refractivity contribution in [3.8, 4) is 0 Å². The van der Waals surface area contributed by atoms with Gasteiger partial charge in [0.25, 0.3) is 0 Å². The number of carbonyl (C=O) groups excluding carboxylic acids is 2. The van der Waals surface area contributed by atoms with Crippen LogP contribution in [-0.4, -0.2) is 25.0 Å². The molecule has 1 aliphatic heterocycles. The zero-order chi connectivity index (χ0) is 14.8. The highest BCUT2D eigenvalue weighted by molar-refractivity contribution is 6.10. The lowest BCUT2D eigenvalue weighted by molar-refractivity contribution is -0.160. The van der Waals surface area contributed by atoms with Crippen LogP contribution in [0.3, 0.4) is 0 Å². The highest BCUT2D eigenvalue weighted by Crippen LogP contribution is 2.34. The second kappa shape index (κ2) is 5.61. The van der Waals surface area contributed by atoms with Crippen molar-refractivity contribution in [2.24, 2.45) is 5.41 Å². The minimum atomic E-state index is -1.15. The number of amides is 1. The van der Waals surface area contributed by atoms with E-state index in [1.165, 1.54) is 17.0 Å². The third kappa shape index (κ3) is 2.53. The van der Waals surface area contributed by atoms with E-state index in [0.29, 0.717) is 25.1 Å². The maximum atomic E-state index is 13.0. The van der Waals surface area contributed by atoms with Gasteiger partial charge in [-0.1, -0.05) is 0 Å². The first-order valence-corrected chi connectivity index (χ1v) is 6.74. The van der Waals surface area contributed by atoms with Gasteiger partial charge in [0.15, 0.2) is 0 Å². The molecule has 1 unspecified atom stereocenters. The van der Waals surface area contributed by atoms with Crippen LogP contribution >= 0.6 is 0 Å². The first-order valence-electron chi connectivity index (χ1n) is 6.74. The van der Waals surface area contributed by atoms with Gasteiger partial charge in [0.05, 0.1) is 6.61 Å². The average Bonchev–Trinajstić information content (AvgIpc) is 2.43. The molecule has 1 heterocycles. The largest absolute Gasteiger partial charge is 0.465 e. The highest BCUT2D eigenvalue weighted by atomic mass is 19.1. The number of rotatable bonds is 3. The van der Waals surface area contributed by atoms with Crippen molar-refractivity contribution >= 4 is 17.6 Å². The molecule has 0 spiro atoms. The van der Waals surface area contributed by atoms with Gasteiger partial charge in [-0.05, 0) is 51.0 Å². The molecule has 0 aliphatic carbocycles. The number of benzene rings is 1. The SMILES string of the molecule is CCOC(=O)C1(C)CCCN(c2ccc(F)cc2)C1=O. The molecule has 5 heteroatoms. The maximum absolute atomic E-state index is 13.0. The predicted molar refractivity (Wildman–Crippen MR) is 72.7 cm³/mol. The Kier molecular flexibility index (Phi) is 4.06. The zero-order valence-electron chi connectivity index (χ0n) is 11.7. The average molecular weight is 279 g/mol. The van der Waals surface area contributed by atoms with E-state index in [1.54, 1.807) is 26.0 Å². The Bertz CT molecular complexity index is 514. The number of esters is 1. The minimum Gasteiger partial charge on any atom is -0.465 e. The van der Waals surface area contributed by atoms with Crippen LogP contribution in [0.2, 0.25) is 0 Å². The molecule has 0 N–H and O–H groups in total. The van der Waals surface area contributed by atoms with E-state index in [4.69, 9.17) is 4.74 Å². The van der Waals surface area contributed by atoms with Crippen LogP contribution in [0.25, 0.3) is 0 Å². The molecule has 1 aliphatic rings. The van der Waals surface area contributed by atoms with Gasteiger partial charge in [0, 0.05) is 12.2 Å². The summed E-state index contributed by atoms with van der Waals surface area (Å²) in [4.78, 5) is 26.1.